The van der Waals surface area contributed by atoms with E-state index in [-0.39, 0.29) is 0 Å². The Labute approximate surface area is 119 Å². The number of nitrogens with one attached hydrogen (secondary N) is 1. The van der Waals surface area contributed by atoms with E-state index in [4.69, 9.17) is 0 Å². The summed E-state index contributed by atoms with van der Waals surface area (Å²) < 4.78 is 0. The third kappa shape index (κ3) is 5.05. The van der Waals surface area contributed by atoms with Crippen LogP contribution in [0.15, 0.2) is 0 Å². The summed E-state index contributed by atoms with van der Waals surface area (Å²) in [4.78, 5) is 5.19. The minimum atomic E-state index is 0.382. The molecular formula is C16H33N3. The number of hydrogen-bond acceptors (Lipinski definition) is 3. The lowest BCUT2D eigenvalue weighted by Gasteiger charge is -2.34. The highest BCUT2D eigenvalue weighted by Crippen LogP contribution is 2.23. The maximum atomic E-state index is 3.68. The predicted molar refractivity (Wildman–Crippen MR) is 82.6 cm³/mol. The van der Waals surface area contributed by atoms with Crippen LogP contribution in [0.5, 0.6) is 0 Å². The van der Waals surface area contributed by atoms with E-state index in [0.717, 1.165) is 18.6 Å². The fraction of sp³-hybridized carbons (Fsp3) is 1.00. The molecule has 0 amide bonds. The zero-order valence-corrected chi connectivity index (χ0v) is 13.4. The molecule has 19 heavy (non-hydrogen) atoms. The average molecular weight is 267 g/mol. The van der Waals surface area contributed by atoms with Crippen LogP contribution in [0.3, 0.4) is 0 Å². The van der Waals surface area contributed by atoms with Gasteiger partial charge in [-0.3, -0.25) is 4.90 Å². The van der Waals surface area contributed by atoms with Crippen molar-refractivity contribution in [3.8, 4) is 0 Å². The average Bonchev–Trinajstić information content (AvgIpc) is 3.06. The Morgan fingerprint density at radius 3 is 2.63 bits per heavy atom. The maximum Gasteiger partial charge on any atom is 0.0223 e. The SMILES string of the molecule is CCN1CCCC1CN(C)CC(C)(C)CNC1CC1. The van der Waals surface area contributed by atoms with Gasteiger partial charge in [0.05, 0.1) is 0 Å². The van der Waals surface area contributed by atoms with E-state index < -0.39 is 0 Å². The number of likely N-dealkylation sites (N-methyl/N-ethyl adjacent to an activating group) is 2. The molecule has 112 valence electrons. The number of nitrogens with zero attached hydrogens (tertiary/aromatic N) is 2. The largest absolute Gasteiger partial charge is 0.313 e. The molecule has 3 heteroatoms. The lowest BCUT2D eigenvalue weighted by molar-refractivity contribution is 0.154. The van der Waals surface area contributed by atoms with E-state index in [1.54, 1.807) is 0 Å². The van der Waals surface area contributed by atoms with Crippen molar-refractivity contribution in [2.75, 3.05) is 39.8 Å². The van der Waals surface area contributed by atoms with Gasteiger partial charge in [-0.2, -0.15) is 0 Å². The Bertz CT molecular complexity index is 273. The fourth-order valence-electron chi connectivity index (χ4n) is 3.44. The quantitative estimate of drug-likeness (QED) is 0.727. The van der Waals surface area contributed by atoms with Gasteiger partial charge in [0.1, 0.15) is 0 Å². The Morgan fingerprint density at radius 1 is 1.26 bits per heavy atom. The zero-order valence-electron chi connectivity index (χ0n) is 13.4. The first-order valence-electron chi connectivity index (χ1n) is 8.16. The summed E-state index contributed by atoms with van der Waals surface area (Å²) in [5.74, 6) is 0. The lowest BCUT2D eigenvalue weighted by Crippen LogP contribution is -2.44. The molecule has 1 aliphatic heterocycles. The van der Waals surface area contributed by atoms with Gasteiger partial charge in [0.25, 0.3) is 0 Å². The molecule has 2 rings (SSSR count). The van der Waals surface area contributed by atoms with Crippen LogP contribution in [0.4, 0.5) is 0 Å². The molecular weight excluding hydrogens is 234 g/mol. The van der Waals surface area contributed by atoms with Gasteiger partial charge < -0.3 is 10.2 Å². The molecule has 3 nitrogen and oxygen atoms in total. The molecule has 0 spiro atoms. The van der Waals surface area contributed by atoms with Gasteiger partial charge in [0.15, 0.2) is 0 Å². The molecule has 0 radical (unpaired) electrons. The summed E-state index contributed by atoms with van der Waals surface area (Å²) in [6.45, 7) is 13.2. The molecule has 1 atom stereocenters. The second-order valence-electron chi connectivity index (χ2n) is 7.44. The highest BCUT2D eigenvalue weighted by atomic mass is 15.2. The molecule has 1 unspecified atom stereocenters. The molecule has 2 fully saturated rings. The highest BCUT2D eigenvalue weighted by molar-refractivity contribution is 4.86. The second kappa shape index (κ2) is 6.55. The zero-order chi connectivity index (χ0) is 13.9. The monoisotopic (exact) mass is 267 g/mol. The van der Waals surface area contributed by atoms with Crippen LogP contribution in [0, 0.1) is 5.41 Å². The van der Waals surface area contributed by atoms with E-state index >= 15 is 0 Å². The van der Waals surface area contributed by atoms with Crippen molar-refractivity contribution in [3.05, 3.63) is 0 Å². The van der Waals surface area contributed by atoms with Crippen LogP contribution < -0.4 is 5.32 Å². The molecule has 0 bridgehead atoms. The van der Waals surface area contributed by atoms with Gasteiger partial charge in [0.2, 0.25) is 0 Å². The van der Waals surface area contributed by atoms with E-state index in [0.29, 0.717) is 5.41 Å². The standard InChI is InChI=1S/C16H33N3/c1-5-19-10-6-7-15(19)11-18(4)13-16(2,3)12-17-14-8-9-14/h14-15,17H,5-13H2,1-4H3. The Hall–Kier alpha value is -0.120. The number of hydrogen-bond donors (Lipinski definition) is 1. The molecule has 0 aromatic carbocycles. The van der Waals surface area contributed by atoms with Crippen LogP contribution in [0.2, 0.25) is 0 Å². The number of likely N-dealkylation sites (tertiary alicyclic amines) is 1. The topological polar surface area (TPSA) is 18.5 Å². The van der Waals surface area contributed by atoms with Crippen molar-refractivity contribution >= 4 is 0 Å². The van der Waals surface area contributed by atoms with E-state index in [1.165, 1.54) is 51.9 Å². The van der Waals surface area contributed by atoms with Gasteiger partial charge in [-0.1, -0.05) is 20.8 Å². The van der Waals surface area contributed by atoms with Crippen LogP contribution in [0.25, 0.3) is 0 Å². The summed E-state index contributed by atoms with van der Waals surface area (Å²) >= 11 is 0. The van der Waals surface area contributed by atoms with E-state index in [9.17, 15) is 0 Å². The molecule has 1 N–H and O–H groups in total. The third-order valence-electron chi connectivity index (χ3n) is 4.57. The Kier molecular flexibility index (Phi) is 5.27. The van der Waals surface area contributed by atoms with Gasteiger partial charge in [-0.15, -0.1) is 0 Å². The molecule has 0 aromatic heterocycles. The minimum Gasteiger partial charge on any atom is -0.313 e. The molecule has 1 aliphatic carbocycles. The molecule has 0 aromatic rings. The predicted octanol–water partition coefficient (Wildman–Crippen LogP) is 2.18. The van der Waals surface area contributed by atoms with Crippen molar-refractivity contribution < 1.29 is 0 Å². The van der Waals surface area contributed by atoms with Crippen LogP contribution in [-0.2, 0) is 0 Å². The van der Waals surface area contributed by atoms with E-state index in [1.807, 2.05) is 0 Å². The summed E-state index contributed by atoms with van der Waals surface area (Å²) in [7, 11) is 2.30. The van der Waals surface area contributed by atoms with Crippen molar-refractivity contribution in [2.24, 2.45) is 5.41 Å². The molecule has 2 aliphatic rings. The summed E-state index contributed by atoms with van der Waals surface area (Å²) in [5.41, 5.74) is 0.382. The summed E-state index contributed by atoms with van der Waals surface area (Å²) in [6.07, 6.45) is 5.55. The maximum absolute atomic E-state index is 3.68. The van der Waals surface area contributed by atoms with Crippen molar-refractivity contribution in [1.82, 2.24) is 15.1 Å². The minimum absolute atomic E-state index is 0.382. The summed E-state index contributed by atoms with van der Waals surface area (Å²) in [5, 5.41) is 3.68. The molecule has 1 saturated carbocycles. The highest BCUT2D eigenvalue weighted by Gasteiger charge is 2.28. The Balaban J connectivity index is 1.70. The fourth-order valence-corrected chi connectivity index (χ4v) is 3.44. The normalized spacial score (nSPS) is 25.4. The van der Waals surface area contributed by atoms with Crippen LogP contribution in [-0.4, -0.2) is 61.7 Å². The first-order chi connectivity index (χ1) is 9.00. The molecule has 1 saturated heterocycles. The van der Waals surface area contributed by atoms with Gasteiger partial charge in [0, 0.05) is 31.7 Å². The smallest absolute Gasteiger partial charge is 0.0223 e. The van der Waals surface area contributed by atoms with Crippen molar-refractivity contribution in [1.29, 1.82) is 0 Å². The first-order valence-corrected chi connectivity index (χ1v) is 8.16. The Morgan fingerprint density at radius 2 is 2.00 bits per heavy atom. The van der Waals surface area contributed by atoms with Crippen LogP contribution >= 0.6 is 0 Å². The van der Waals surface area contributed by atoms with Crippen molar-refractivity contribution in [3.63, 3.8) is 0 Å². The van der Waals surface area contributed by atoms with Gasteiger partial charge in [-0.25, -0.2) is 0 Å². The van der Waals surface area contributed by atoms with Gasteiger partial charge in [-0.05, 0) is 51.2 Å². The summed E-state index contributed by atoms with van der Waals surface area (Å²) in [6, 6.07) is 1.62. The third-order valence-corrected chi connectivity index (χ3v) is 4.57. The van der Waals surface area contributed by atoms with Crippen molar-refractivity contribution in [2.45, 2.75) is 58.5 Å². The molecule has 1 heterocycles. The van der Waals surface area contributed by atoms with Crippen LogP contribution in [0.1, 0.15) is 46.5 Å². The van der Waals surface area contributed by atoms with Gasteiger partial charge >= 0.3 is 0 Å². The second-order valence-corrected chi connectivity index (χ2v) is 7.44. The number of rotatable bonds is 8. The lowest BCUT2D eigenvalue weighted by atomic mass is 9.92. The van der Waals surface area contributed by atoms with E-state index in [2.05, 4.69) is 42.9 Å². The first kappa shape index (κ1) is 15.3.